The van der Waals surface area contributed by atoms with Crippen molar-refractivity contribution in [3.05, 3.63) is 0 Å². The minimum atomic E-state index is -3.08. The molecule has 0 radical (unpaired) electrons. The van der Waals surface area contributed by atoms with Crippen molar-refractivity contribution < 1.29 is 13.2 Å². The molecular weight excluding hydrogens is 288 g/mol. The van der Waals surface area contributed by atoms with Crippen molar-refractivity contribution in [2.45, 2.75) is 58.5 Å². The number of rotatable bonds is 5. The molecule has 0 aromatic rings. The quantitative estimate of drug-likeness (QED) is 0.794. The van der Waals surface area contributed by atoms with Gasteiger partial charge in [0.05, 0.1) is 11.8 Å². The molecule has 0 aromatic heterocycles. The Labute approximate surface area is 128 Å². The second-order valence-corrected chi connectivity index (χ2v) is 9.96. The van der Waals surface area contributed by atoms with Crippen molar-refractivity contribution >= 4 is 15.7 Å². The Morgan fingerprint density at radius 1 is 1.38 bits per heavy atom. The van der Waals surface area contributed by atoms with Gasteiger partial charge in [-0.3, -0.25) is 4.79 Å². The Balaban J connectivity index is 1.95. The second kappa shape index (κ2) is 5.23. The van der Waals surface area contributed by atoms with Crippen molar-refractivity contribution in [1.29, 1.82) is 0 Å². The van der Waals surface area contributed by atoms with E-state index in [0.717, 1.165) is 19.1 Å². The largest absolute Gasteiger partial charge is 0.351 e. The third-order valence-corrected chi connectivity index (χ3v) is 7.22. The summed E-state index contributed by atoms with van der Waals surface area (Å²) in [6.45, 7) is 6.84. The fraction of sp³-hybridized carbons (Fsp3) is 0.933. The van der Waals surface area contributed by atoms with Crippen molar-refractivity contribution in [2.75, 3.05) is 12.0 Å². The zero-order chi connectivity index (χ0) is 16.1. The van der Waals surface area contributed by atoms with Gasteiger partial charge in [-0.1, -0.05) is 20.8 Å². The first-order valence-electron chi connectivity index (χ1n) is 7.71. The minimum Gasteiger partial charge on any atom is -0.351 e. The Bertz CT molecular complexity index is 529. The number of sulfone groups is 1. The fourth-order valence-corrected chi connectivity index (χ4v) is 4.85. The van der Waals surface area contributed by atoms with E-state index in [-0.39, 0.29) is 35.0 Å². The van der Waals surface area contributed by atoms with Gasteiger partial charge in [-0.05, 0) is 42.4 Å². The van der Waals surface area contributed by atoms with Crippen LogP contribution in [0.2, 0.25) is 0 Å². The van der Waals surface area contributed by atoms with Gasteiger partial charge in [-0.15, -0.1) is 0 Å². The molecule has 2 aliphatic rings. The number of hydrogen-bond donors (Lipinski definition) is 2. The van der Waals surface area contributed by atoms with E-state index in [1.165, 1.54) is 6.42 Å². The monoisotopic (exact) mass is 316 g/mol. The van der Waals surface area contributed by atoms with E-state index in [1.54, 1.807) is 0 Å². The standard InChI is InChI=1S/C15H28N2O3S/c1-14(2)10-5-7-15(14,3)12(9-10)17-13(18)11(16)6-8-21(4,19)20/h10-12H,5-9,16H2,1-4H3,(H,17,18). The molecule has 21 heavy (non-hydrogen) atoms. The van der Waals surface area contributed by atoms with Crippen molar-refractivity contribution in [2.24, 2.45) is 22.5 Å². The average Bonchev–Trinajstić information content (AvgIpc) is 2.68. The maximum absolute atomic E-state index is 12.2. The SMILES string of the molecule is CC1(C)C2CCC1(C)C(NC(=O)C(N)CCS(C)(=O)=O)C2. The minimum absolute atomic E-state index is 0.0440. The molecule has 6 heteroatoms. The van der Waals surface area contributed by atoms with Crippen LogP contribution in [-0.2, 0) is 14.6 Å². The first-order chi connectivity index (χ1) is 9.47. The number of nitrogens with one attached hydrogen (secondary N) is 1. The highest BCUT2D eigenvalue weighted by Gasteiger charge is 2.61. The van der Waals surface area contributed by atoms with Crippen molar-refractivity contribution in [3.8, 4) is 0 Å². The summed E-state index contributed by atoms with van der Waals surface area (Å²) in [7, 11) is -3.08. The maximum atomic E-state index is 12.2. The van der Waals surface area contributed by atoms with Gasteiger partial charge in [0, 0.05) is 12.3 Å². The van der Waals surface area contributed by atoms with Crippen LogP contribution in [0.4, 0.5) is 0 Å². The molecule has 2 fully saturated rings. The summed E-state index contributed by atoms with van der Waals surface area (Å²) in [5, 5.41) is 3.08. The van der Waals surface area contributed by atoms with E-state index in [2.05, 4.69) is 26.1 Å². The van der Waals surface area contributed by atoms with Crippen LogP contribution in [0.5, 0.6) is 0 Å². The molecule has 4 unspecified atom stereocenters. The highest BCUT2D eigenvalue weighted by Crippen LogP contribution is 2.65. The normalized spacial score (nSPS) is 35.7. The molecule has 2 aliphatic carbocycles. The third-order valence-electron chi connectivity index (χ3n) is 6.25. The molecule has 0 aromatic carbocycles. The molecule has 2 rings (SSSR count). The first kappa shape index (κ1) is 16.7. The molecular formula is C15H28N2O3S. The lowest BCUT2D eigenvalue weighted by atomic mass is 9.69. The lowest BCUT2D eigenvalue weighted by Gasteiger charge is -2.39. The lowest BCUT2D eigenvalue weighted by molar-refractivity contribution is -0.124. The summed E-state index contributed by atoms with van der Waals surface area (Å²) in [5.41, 5.74) is 6.19. The summed E-state index contributed by atoms with van der Waals surface area (Å²) in [6.07, 6.45) is 4.72. The van der Waals surface area contributed by atoms with Crippen LogP contribution >= 0.6 is 0 Å². The molecule has 122 valence electrons. The van der Waals surface area contributed by atoms with Crippen LogP contribution in [0, 0.1) is 16.7 Å². The van der Waals surface area contributed by atoms with Crippen LogP contribution in [0.3, 0.4) is 0 Å². The highest BCUT2D eigenvalue weighted by atomic mass is 32.2. The smallest absolute Gasteiger partial charge is 0.237 e. The van der Waals surface area contributed by atoms with Crippen LogP contribution < -0.4 is 11.1 Å². The Morgan fingerprint density at radius 3 is 2.43 bits per heavy atom. The molecule has 1 amide bonds. The summed E-state index contributed by atoms with van der Waals surface area (Å²) in [6, 6.07) is -0.589. The van der Waals surface area contributed by atoms with Crippen LogP contribution in [-0.4, -0.2) is 38.4 Å². The van der Waals surface area contributed by atoms with Crippen LogP contribution in [0.25, 0.3) is 0 Å². The highest BCUT2D eigenvalue weighted by molar-refractivity contribution is 7.90. The maximum Gasteiger partial charge on any atom is 0.237 e. The van der Waals surface area contributed by atoms with Crippen LogP contribution in [0.15, 0.2) is 0 Å². The lowest BCUT2D eigenvalue weighted by Crippen LogP contribution is -2.52. The molecule has 5 nitrogen and oxygen atoms in total. The van der Waals surface area contributed by atoms with Gasteiger partial charge in [0.2, 0.25) is 5.91 Å². The third kappa shape index (κ3) is 2.97. The molecule has 2 bridgehead atoms. The number of fused-ring (bicyclic) bond motifs is 2. The van der Waals surface area contributed by atoms with Crippen molar-refractivity contribution in [1.82, 2.24) is 5.32 Å². The second-order valence-electron chi connectivity index (χ2n) is 7.70. The topological polar surface area (TPSA) is 89.3 Å². The van der Waals surface area contributed by atoms with Gasteiger partial charge >= 0.3 is 0 Å². The number of nitrogens with two attached hydrogens (primary N) is 1. The zero-order valence-corrected chi connectivity index (χ0v) is 14.3. The predicted octanol–water partition coefficient (Wildman–Crippen LogP) is 1.08. The summed E-state index contributed by atoms with van der Waals surface area (Å²) in [5.74, 6) is 0.394. The molecule has 3 N–H and O–H groups in total. The zero-order valence-electron chi connectivity index (χ0n) is 13.5. The summed E-state index contributed by atoms with van der Waals surface area (Å²) < 4.78 is 22.3. The van der Waals surface area contributed by atoms with Gasteiger partial charge in [-0.2, -0.15) is 0 Å². The molecule has 0 heterocycles. The van der Waals surface area contributed by atoms with Gasteiger partial charge in [0.15, 0.2) is 0 Å². The Morgan fingerprint density at radius 2 is 2.00 bits per heavy atom. The number of hydrogen-bond acceptors (Lipinski definition) is 4. The molecule has 0 saturated heterocycles. The number of carbonyl (C=O) groups is 1. The average molecular weight is 316 g/mol. The van der Waals surface area contributed by atoms with Gasteiger partial charge < -0.3 is 11.1 Å². The van der Waals surface area contributed by atoms with Crippen molar-refractivity contribution in [3.63, 3.8) is 0 Å². The van der Waals surface area contributed by atoms with E-state index in [9.17, 15) is 13.2 Å². The first-order valence-corrected chi connectivity index (χ1v) is 9.77. The summed E-state index contributed by atoms with van der Waals surface area (Å²) >= 11 is 0. The van der Waals surface area contributed by atoms with E-state index in [0.29, 0.717) is 5.92 Å². The Hall–Kier alpha value is -0.620. The van der Waals surface area contributed by atoms with E-state index >= 15 is 0 Å². The summed E-state index contributed by atoms with van der Waals surface area (Å²) in [4.78, 5) is 12.2. The van der Waals surface area contributed by atoms with Gasteiger partial charge in [0.25, 0.3) is 0 Å². The predicted molar refractivity (Wildman–Crippen MR) is 83.5 cm³/mol. The number of amides is 1. The van der Waals surface area contributed by atoms with E-state index in [1.807, 2.05) is 0 Å². The van der Waals surface area contributed by atoms with Gasteiger partial charge in [-0.25, -0.2) is 8.42 Å². The molecule has 0 spiro atoms. The van der Waals surface area contributed by atoms with Crippen LogP contribution in [0.1, 0.15) is 46.5 Å². The Kier molecular flexibility index (Phi) is 4.17. The molecule has 0 aliphatic heterocycles. The fourth-order valence-electron chi connectivity index (χ4n) is 4.17. The number of carbonyl (C=O) groups excluding carboxylic acids is 1. The molecule has 4 atom stereocenters. The van der Waals surface area contributed by atoms with E-state index in [4.69, 9.17) is 5.73 Å². The molecule has 2 saturated carbocycles. The van der Waals surface area contributed by atoms with E-state index < -0.39 is 15.9 Å². The van der Waals surface area contributed by atoms with Gasteiger partial charge in [0.1, 0.15) is 9.84 Å².